The molecule has 2 atom stereocenters. The highest BCUT2D eigenvalue weighted by Gasteiger charge is 2.34. The molecule has 4 rings (SSSR count). The van der Waals surface area contributed by atoms with Crippen molar-refractivity contribution in [1.82, 2.24) is 20.1 Å². The van der Waals surface area contributed by atoms with Crippen LogP contribution in [0.5, 0.6) is 0 Å². The van der Waals surface area contributed by atoms with E-state index in [9.17, 15) is 4.79 Å². The highest BCUT2D eigenvalue weighted by Crippen LogP contribution is 2.36. The summed E-state index contributed by atoms with van der Waals surface area (Å²) in [7, 11) is 1.89. The summed E-state index contributed by atoms with van der Waals surface area (Å²) in [4.78, 5) is 18.9. The topological polar surface area (TPSA) is 72.1 Å². The molecule has 2 aromatic heterocycles. The Morgan fingerprint density at radius 1 is 1.03 bits per heavy atom. The molecular weight excluding hydrogens is 364 g/mol. The largest absolute Gasteiger partial charge is 0.425 e. The smallest absolute Gasteiger partial charge is 0.253 e. The molecule has 0 radical (unpaired) electrons. The number of benzene rings is 1. The maximum Gasteiger partial charge on any atom is 0.253 e. The van der Waals surface area contributed by atoms with Crippen LogP contribution in [0.25, 0.3) is 11.1 Å². The minimum Gasteiger partial charge on any atom is -0.425 e. The number of hydrogen-bond donors (Lipinski definition) is 0. The summed E-state index contributed by atoms with van der Waals surface area (Å²) in [5, 5.41) is 8.38. The van der Waals surface area contributed by atoms with E-state index in [1.165, 1.54) is 0 Å². The average molecular weight is 390 g/mol. The van der Waals surface area contributed by atoms with E-state index in [-0.39, 0.29) is 23.8 Å². The lowest BCUT2D eigenvalue weighted by molar-refractivity contribution is 0.0733. The van der Waals surface area contributed by atoms with Crippen LogP contribution < -0.4 is 0 Å². The molecule has 0 saturated heterocycles. The molecule has 1 amide bonds. The Hall–Kier alpha value is -3.02. The lowest BCUT2D eigenvalue weighted by Gasteiger charge is -2.24. The Kier molecular flexibility index (Phi) is 5.43. The summed E-state index contributed by atoms with van der Waals surface area (Å²) in [5.74, 6) is 1.89. The van der Waals surface area contributed by atoms with E-state index in [1.807, 2.05) is 62.2 Å². The highest BCUT2D eigenvalue weighted by molar-refractivity contribution is 5.94. The maximum atomic E-state index is 13.0. The van der Waals surface area contributed by atoms with Gasteiger partial charge in [-0.15, -0.1) is 10.2 Å². The molecule has 1 aliphatic rings. The molecule has 29 heavy (non-hydrogen) atoms. The molecule has 150 valence electrons. The van der Waals surface area contributed by atoms with E-state index in [0.29, 0.717) is 17.3 Å². The molecule has 2 heterocycles. The Bertz CT molecular complexity index is 966. The number of rotatable bonds is 5. The van der Waals surface area contributed by atoms with Gasteiger partial charge in [0.2, 0.25) is 11.8 Å². The van der Waals surface area contributed by atoms with Crippen LogP contribution in [0, 0.1) is 0 Å². The summed E-state index contributed by atoms with van der Waals surface area (Å²) in [6, 6.07) is 11.9. The molecule has 0 unspecified atom stereocenters. The summed E-state index contributed by atoms with van der Waals surface area (Å²) < 4.78 is 5.83. The fourth-order valence-electron chi connectivity index (χ4n) is 3.90. The molecule has 6 heteroatoms. The average Bonchev–Trinajstić information content (AvgIpc) is 3.43. The van der Waals surface area contributed by atoms with Gasteiger partial charge in [0, 0.05) is 42.9 Å². The zero-order valence-corrected chi connectivity index (χ0v) is 17.1. The molecule has 6 nitrogen and oxygen atoms in total. The van der Waals surface area contributed by atoms with Gasteiger partial charge in [0.1, 0.15) is 0 Å². The third kappa shape index (κ3) is 4.06. The van der Waals surface area contributed by atoms with Gasteiger partial charge in [-0.05, 0) is 54.7 Å². The summed E-state index contributed by atoms with van der Waals surface area (Å²) in [5.41, 5.74) is 2.87. The quantitative estimate of drug-likeness (QED) is 0.633. The number of nitrogens with zero attached hydrogens (tertiary/aromatic N) is 4. The van der Waals surface area contributed by atoms with E-state index in [0.717, 1.165) is 30.4 Å². The third-order valence-electron chi connectivity index (χ3n) is 5.72. The van der Waals surface area contributed by atoms with Crippen molar-refractivity contribution in [2.24, 2.45) is 0 Å². The van der Waals surface area contributed by atoms with E-state index >= 15 is 0 Å². The minimum absolute atomic E-state index is 0.0466. The molecule has 1 saturated carbocycles. The fraction of sp³-hybridized carbons (Fsp3) is 0.391. The zero-order valence-electron chi connectivity index (χ0n) is 17.1. The predicted octanol–water partition coefficient (Wildman–Crippen LogP) is 4.66. The molecule has 3 aromatic rings. The lowest BCUT2D eigenvalue weighted by Crippen LogP contribution is -2.35. The van der Waals surface area contributed by atoms with Crippen LogP contribution in [0.2, 0.25) is 0 Å². The van der Waals surface area contributed by atoms with Gasteiger partial charge in [-0.1, -0.05) is 26.0 Å². The van der Waals surface area contributed by atoms with E-state index in [1.54, 1.807) is 12.4 Å². The first-order valence-electron chi connectivity index (χ1n) is 10.1. The molecule has 1 aliphatic carbocycles. The van der Waals surface area contributed by atoms with Gasteiger partial charge in [0.15, 0.2) is 0 Å². The lowest BCUT2D eigenvalue weighted by atomic mass is 10.0. The van der Waals surface area contributed by atoms with Gasteiger partial charge in [-0.3, -0.25) is 9.78 Å². The van der Waals surface area contributed by atoms with Gasteiger partial charge in [-0.2, -0.15) is 0 Å². The van der Waals surface area contributed by atoms with Crippen LogP contribution in [-0.2, 0) is 0 Å². The van der Waals surface area contributed by atoms with Crippen molar-refractivity contribution in [2.75, 3.05) is 7.05 Å². The van der Waals surface area contributed by atoms with Crippen molar-refractivity contribution in [2.45, 2.75) is 51.0 Å². The first-order chi connectivity index (χ1) is 14.0. The Morgan fingerprint density at radius 2 is 1.72 bits per heavy atom. The van der Waals surface area contributed by atoms with Gasteiger partial charge in [0.05, 0.1) is 0 Å². The molecule has 0 spiro atoms. The Morgan fingerprint density at radius 3 is 2.38 bits per heavy atom. The number of hydrogen-bond acceptors (Lipinski definition) is 5. The van der Waals surface area contributed by atoms with Crippen LogP contribution in [-0.4, -0.2) is 39.1 Å². The zero-order chi connectivity index (χ0) is 20.4. The fourth-order valence-corrected chi connectivity index (χ4v) is 3.90. The standard InChI is InChI=1S/C23H26N4O2/c1-15(2)21-25-26-22(29-21)19-8-9-20(14-19)27(3)23(28)18-6-4-16(5-7-18)17-10-12-24-13-11-17/h4-7,10-13,15,19-20H,8-9,14H2,1-3H3/t19-,20+/m0/s1. The maximum absolute atomic E-state index is 13.0. The molecule has 0 N–H and O–H groups in total. The number of carbonyl (C=O) groups excluding carboxylic acids is 1. The van der Waals surface area contributed by atoms with Crippen LogP contribution in [0.4, 0.5) is 0 Å². The van der Waals surface area contributed by atoms with Crippen LogP contribution in [0.1, 0.15) is 67.1 Å². The van der Waals surface area contributed by atoms with Gasteiger partial charge < -0.3 is 9.32 Å². The first-order valence-corrected chi connectivity index (χ1v) is 10.1. The highest BCUT2D eigenvalue weighted by atomic mass is 16.4. The molecule has 1 aromatic carbocycles. The number of pyridine rings is 1. The molecule has 0 bridgehead atoms. The van der Waals surface area contributed by atoms with Crippen LogP contribution >= 0.6 is 0 Å². The van der Waals surface area contributed by atoms with E-state index < -0.39 is 0 Å². The van der Waals surface area contributed by atoms with Crippen molar-refractivity contribution in [1.29, 1.82) is 0 Å². The van der Waals surface area contributed by atoms with Crippen molar-refractivity contribution >= 4 is 5.91 Å². The number of carbonyl (C=O) groups is 1. The van der Waals surface area contributed by atoms with Crippen molar-refractivity contribution in [3.05, 3.63) is 66.1 Å². The molecule has 1 fully saturated rings. The van der Waals surface area contributed by atoms with Crippen LogP contribution in [0.3, 0.4) is 0 Å². The predicted molar refractivity (Wildman–Crippen MR) is 111 cm³/mol. The normalized spacial score (nSPS) is 18.9. The second-order valence-corrected chi connectivity index (χ2v) is 8.03. The second-order valence-electron chi connectivity index (χ2n) is 8.03. The first kappa shape index (κ1) is 19.3. The number of aromatic nitrogens is 3. The van der Waals surface area contributed by atoms with Crippen LogP contribution in [0.15, 0.2) is 53.2 Å². The van der Waals surface area contributed by atoms with Gasteiger partial charge >= 0.3 is 0 Å². The third-order valence-corrected chi connectivity index (χ3v) is 5.72. The Labute approximate surface area is 171 Å². The van der Waals surface area contributed by atoms with Crippen molar-refractivity contribution < 1.29 is 9.21 Å². The van der Waals surface area contributed by atoms with Gasteiger partial charge in [0.25, 0.3) is 5.91 Å². The second kappa shape index (κ2) is 8.15. The molecule has 0 aliphatic heterocycles. The Balaban J connectivity index is 1.41. The van der Waals surface area contributed by atoms with Gasteiger partial charge in [-0.25, -0.2) is 0 Å². The SMILES string of the molecule is CC(C)c1nnc([C@H]2CC[C@@H](N(C)C(=O)c3ccc(-c4ccncc4)cc3)C2)o1. The van der Waals surface area contributed by atoms with Crippen molar-refractivity contribution in [3.63, 3.8) is 0 Å². The summed E-state index contributed by atoms with van der Waals surface area (Å²) >= 11 is 0. The summed E-state index contributed by atoms with van der Waals surface area (Å²) in [6.07, 6.45) is 6.31. The molecular formula is C23H26N4O2. The monoisotopic (exact) mass is 390 g/mol. The summed E-state index contributed by atoms with van der Waals surface area (Å²) in [6.45, 7) is 4.09. The van der Waals surface area contributed by atoms with E-state index in [4.69, 9.17) is 4.42 Å². The minimum atomic E-state index is 0.0466. The van der Waals surface area contributed by atoms with Crippen molar-refractivity contribution in [3.8, 4) is 11.1 Å². The number of amides is 1. The van der Waals surface area contributed by atoms with E-state index in [2.05, 4.69) is 15.2 Å².